The first-order chi connectivity index (χ1) is 16.7. The molecule has 1 saturated heterocycles. The second-order valence-corrected chi connectivity index (χ2v) is 9.18. The fraction of sp³-hybridized carbons (Fsp3) is 0.286. The molecule has 1 fully saturated rings. The molecule has 6 heteroatoms. The van der Waals surface area contributed by atoms with Crippen molar-refractivity contribution in [3.8, 4) is 5.75 Å². The Morgan fingerprint density at radius 3 is 2.53 bits per heavy atom. The lowest BCUT2D eigenvalue weighted by Gasteiger charge is -2.17. The van der Waals surface area contributed by atoms with Gasteiger partial charge in [0.05, 0.1) is 17.6 Å². The first kappa shape index (κ1) is 22.5. The molecule has 5 rings (SSSR count). The summed E-state index contributed by atoms with van der Waals surface area (Å²) < 4.78 is 8.17. The average Bonchev–Trinajstić information content (AvgIpc) is 3.42. The van der Waals surface area contributed by atoms with Gasteiger partial charge in [0.1, 0.15) is 11.6 Å². The van der Waals surface area contributed by atoms with Gasteiger partial charge >= 0.3 is 0 Å². The van der Waals surface area contributed by atoms with Gasteiger partial charge in [-0.25, -0.2) is 4.98 Å². The Bertz CT molecular complexity index is 1250. The first-order valence-corrected chi connectivity index (χ1v) is 12.2. The van der Waals surface area contributed by atoms with Crippen molar-refractivity contribution < 1.29 is 9.53 Å². The first-order valence-electron chi connectivity index (χ1n) is 11.8. The highest BCUT2D eigenvalue weighted by atomic mass is 35.5. The highest BCUT2D eigenvalue weighted by molar-refractivity contribution is 6.30. The highest BCUT2D eigenvalue weighted by Gasteiger charge is 2.33. The molecule has 0 bridgehead atoms. The van der Waals surface area contributed by atoms with E-state index in [0.29, 0.717) is 18.1 Å². The number of rotatable bonds is 9. The quantitative estimate of drug-likeness (QED) is 0.292. The third kappa shape index (κ3) is 5.10. The van der Waals surface area contributed by atoms with E-state index in [1.165, 1.54) is 5.56 Å². The highest BCUT2D eigenvalue weighted by Crippen LogP contribution is 2.31. The van der Waals surface area contributed by atoms with E-state index in [-0.39, 0.29) is 11.8 Å². The number of ether oxygens (including phenoxy) is 1. The van der Waals surface area contributed by atoms with Gasteiger partial charge in [0.2, 0.25) is 5.91 Å². The predicted molar refractivity (Wildman–Crippen MR) is 135 cm³/mol. The summed E-state index contributed by atoms with van der Waals surface area (Å²) in [6.45, 7) is 2.85. The fourth-order valence-corrected chi connectivity index (χ4v) is 4.78. The van der Waals surface area contributed by atoms with Crippen LogP contribution in [0.2, 0.25) is 5.02 Å². The fourth-order valence-electron chi connectivity index (χ4n) is 4.65. The van der Waals surface area contributed by atoms with Gasteiger partial charge < -0.3 is 14.2 Å². The van der Waals surface area contributed by atoms with Gasteiger partial charge in [-0.05, 0) is 54.8 Å². The molecule has 0 saturated carbocycles. The number of imidazole rings is 1. The van der Waals surface area contributed by atoms with Gasteiger partial charge in [-0.1, -0.05) is 54.1 Å². The van der Waals surface area contributed by atoms with Gasteiger partial charge in [-0.15, -0.1) is 0 Å². The normalized spacial score (nSPS) is 15.9. The van der Waals surface area contributed by atoms with E-state index in [1.807, 2.05) is 65.6 Å². The molecule has 5 nitrogen and oxygen atoms in total. The standard InChI is InChI=1S/C28H28ClN3O2/c29-23-11-13-24(14-12-23)34-18-6-16-32-26-10-5-4-9-25(26)30-28(32)22-19-27(33)31(20-22)17-15-21-7-2-1-3-8-21/h1-5,7-14,22H,6,15-20H2. The maximum Gasteiger partial charge on any atom is 0.223 e. The number of para-hydroxylation sites is 2. The SMILES string of the molecule is O=C1CC(c2nc3ccccc3n2CCCOc2ccc(Cl)cc2)CN1CCc1ccccc1. The molecule has 1 aliphatic rings. The van der Waals surface area contributed by atoms with Crippen LogP contribution in [0.15, 0.2) is 78.9 Å². The molecule has 174 valence electrons. The average molecular weight is 474 g/mol. The lowest BCUT2D eigenvalue weighted by Crippen LogP contribution is -2.27. The number of carbonyl (C=O) groups is 1. The molecule has 3 aromatic carbocycles. The Morgan fingerprint density at radius 2 is 1.71 bits per heavy atom. The van der Waals surface area contributed by atoms with Crippen LogP contribution in [-0.4, -0.2) is 40.1 Å². The van der Waals surface area contributed by atoms with Crippen LogP contribution in [0.3, 0.4) is 0 Å². The Kier molecular flexibility index (Phi) is 6.82. The Hall–Kier alpha value is -3.31. The molecule has 1 aromatic heterocycles. The summed E-state index contributed by atoms with van der Waals surface area (Å²) in [5.41, 5.74) is 3.34. The molecule has 1 unspecified atom stereocenters. The number of hydrogen-bond acceptors (Lipinski definition) is 3. The van der Waals surface area contributed by atoms with E-state index in [0.717, 1.165) is 55.1 Å². The van der Waals surface area contributed by atoms with Crippen LogP contribution >= 0.6 is 11.6 Å². The van der Waals surface area contributed by atoms with Crippen molar-refractivity contribution in [2.24, 2.45) is 0 Å². The van der Waals surface area contributed by atoms with Crippen molar-refractivity contribution in [1.82, 2.24) is 14.5 Å². The molecular weight excluding hydrogens is 446 g/mol. The monoisotopic (exact) mass is 473 g/mol. The summed E-state index contributed by atoms with van der Waals surface area (Å²) in [7, 11) is 0. The second kappa shape index (κ2) is 10.3. The molecule has 2 heterocycles. The molecule has 0 aliphatic carbocycles. The van der Waals surface area contributed by atoms with E-state index in [2.05, 4.69) is 22.8 Å². The summed E-state index contributed by atoms with van der Waals surface area (Å²) in [5.74, 6) is 2.14. The maximum absolute atomic E-state index is 12.8. The number of likely N-dealkylation sites (tertiary alicyclic amines) is 1. The van der Waals surface area contributed by atoms with Crippen LogP contribution in [0.5, 0.6) is 5.75 Å². The predicted octanol–water partition coefficient (Wildman–Crippen LogP) is 5.72. The number of amides is 1. The number of aryl methyl sites for hydroxylation is 1. The third-order valence-corrected chi connectivity index (χ3v) is 6.64. The molecule has 1 atom stereocenters. The van der Waals surface area contributed by atoms with Crippen LogP contribution in [-0.2, 0) is 17.8 Å². The summed E-state index contributed by atoms with van der Waals surface area (Å²) in [5, 5.41) is 0.700. The van der Waals surface area contributed by atoms with E-state index in [4.69, 9.17) is 21.3 Å². The number of nitrogens with zero attached hydrogens (tertiary/aromatic N) is 3. The van der Waals surface area contributed by atoms with Gasteiger partial charge in [0, 0.05) is 37.0 Å². The summed E-state index contributed by atoms with van der Waals surface area (Å²) in [6.07, 6.45) is 2.23. The molecule has 34 heavy (non-hydrogen) atoms. The number of aromatic nitrogens is 2. The molecule has 4 aromatic rings. The van der Waals surface area contributed by atoms with Crippen molar-refractivity contribution in [2.75, 3.05) is 19.7 Å². The Labute approximate surface area is 204 Å². The zero-order valence-electron chi connectivity index (χ0n) is 19.1. The Balaban J connectivity index is 1.26. The number of hydrogen-bond donors (Lipinski definition) is 0. The lowest BCUT2D eigenvalue weighted by atomic mass is 10.1. The summed E-state index contributed by atoms with van der Waals surface area (Å²) >= 11 is 5.95. The zero-order chi connectivity index (χ0) is 23.3. The van der Waals surface area contributed by atoms with E-state index in [9.17, 15) is 4.79 Å². The van der Waals surface area contributed by atoms with Gasteiger partial charge in [0.15, 0.2) is 0 Å². The Morgan fingerprint density at radius 1 is 0.941 bits per heavy atom. The number of fused-ring (bicyclic) bond motifs is 1. The van der Waals surface area contributed by atoms with Crippen LogP contribution in [0, 0.1) is 0 Å². The van der Waals surface area contributed by atoms with Crippen molar-refractivity contribution in [1.29, 1.82) is 0 Å². The van der Waals surface area contributed by atoms with Crippen LogP contribution in [0.25, 0.3) is 11.0 Å². The minimum atomic E-state index is 0.104. The molecule has 0 radical (unpaired) electrons. The largest absolute Gasteiger partial charge is 0.494 e. The van der Waals surface area contributed by atoms with Crippen LogP contribution < -0.4 is 4.74 Å². The molecule has 0 N–H and O–H groups in total. The topological polar surface area (TPSA) is 47.4 Å². The van der Waals surface area contributed by atoms with Crippen molar-refractivity contribution in [3.63, 3.8) is 0 Å². The molecular formula is C28H28ClN3O2. The van der Waals surface area contributed by atoms with Crippen molar-refractivity contribution >= 4 is 28.5 Å². The van der Waals surface area contributed by atoms with Crippen molar-refractivity contribution in [2.45, 2.75) is 31.7 Å². The third-order valence-electron chi connectivity index (χ3n) is 6.39. The van der Waals surface area contributed by atoms with Crippen LogP contribution in [0.4, 0.5) is 0 Å². The van der Waals surface area contributed by atoms with E-state index in [1.54, 1.807) is 0 Å². The number of halogens is 1. The molecule has 0 spiro atoms. The number of benzene rings is 3. The maximum atomic E-state index is 12.8. The van der Waals surface area contributed by atoms with E-state index < -0.39 is 0 Å². The minimum Gasteiger partial charge on any atom is -0.494 e. The van der Waals surface area contributed by atoms with Crippen LogP contribution in [0.1, 0.15) is 30.1 Å². The molecule has 1 amide bonds. The van der Waals surface area contributed by atoms with Gasteiger partial charge in [-0.3, -0.25) is 4.79 Å². The molecule has 1 aliphatic heterocycles. The zero-order valence-corrected chi connectivity index (χ0v) is 19.8. The van der Waals surface area contributed by atoms with E-state index >= 15 is 0 Å². The lowest BCUT2D eigenvalue weighted by molar-refractivity contribution is -0.127. The summed E-state index contributed by atoms with van der Waals surface area (Å²) in [4.78, 5) is 19.8. The minimum absolute atomic E-state index is 0.104. The smallest absolute Gasteiger partial charge is 0.223 e. The van der Waals surface area contributed by atoms with Crippen molar-refractivity contribution in [3.05, 3.63) is 95.3 Å². The second-order valence-electron chi connectivity index (χ2n) is 8.74. The number of carbonyl (C=O) groups excluding carboxylic acids is 1. The van der Waals surface area contributed by atoms with Gasteiger partial charge in [-0.2, -0.15) is 0 Å². The summed E-state index contributed by atoms with van der Waals surface area (Å²) in [6, 6.07) is 26.0. The van der Waals surface area contributed by atoms with Gasteiger partial charge in [0.25, 0.3) is 0 Å².